The predicted molar refractivity (Wildman–Crippen MR) is 90.1 cm³/mol. The van der Waals surface area contributed by atoms with E-state index in [1.54, 1.807) is 6.07 Å². The van der Waals surface area contributed by atoms with Crippen LogP contribution in [0.15, 0.2) is 18.2 Å². The number of phenols is 1. The van der Waals surface area contributed by atoms with Gasteiger partial charge in [-0.15, -0.1) is 0 Å². The van der Waals surface area contributed by atoms with Gasteiger partial charge >= 0.3 is 0 Å². The average molecular weight is 401 g/mol. The van der Waals surface area contributed by atoms with Crippen LogP contribution in [0.3, 0.4) is 0 Å². The van der Waals surface area contributed by atoms with E-state index in [0.29, 0.717) is 11.4 Å². The summed E-state index contributed by atoms with van der Waals surface area (Å²) in [5.74, 6) is 0.387. The molecule has 1 aromatic heterocycles. The number of benzene rings is 1. The maximum atomic E-state index is 13.5. The fourth-order valence-corrected chi connectivity index (χ4v) is 2.96. The Hall–Kier alpha value is -1.44. The van der Waals surface area contributed by atoms with Crippen molar-refractivity contribution in [2.75, 3.05) is 11.9 Å². The zero-order valence-corrected chi connectivity index (χ0v) is 14.3. The van der Waals surface area contributed by atoms with E-state index in [-0.39, 0.29) is 11.7 Å². The molecule has 0 bridgehead atoms. The molecule has 4 nitrogen and oxygen atoms in total. The summed E-state index contributed by atoms with van der Waals surface area (Å²) in [7, 11) is 0. The lowest BCUT2D eigenvalue weighted by Crippen LogP contribution is -2.09. The predicted octanol–water partition coefficient (Wildman–Crippen LogP) is 4.15. The molecule has 0 fully saturated rings. The third kappa shape index (κ3) is 3.42. The SMILES string of the molecule is CCNc1nc(-c2ccc(O)c(F)c2)nc(C(C)C)c1I. The van der Waals surface area contributed by atoms with Crippen molar-refractivity contribution in [2.45, 2.75) is 26.7 Å². The first-order valence-corrected chi connectivity index (χ1v) is 7.82. The number of hydrogen-bond acceptors (Lipinski definition) is 4. The van der Waals surface area contributed by atoms with Gasteiger partial charge in [-0.25, -0.2) is 14.4 Å². The largest absolute Gasteiger partial charge is 0.505 e. The first-order valence-electron chi connectivity index (χ1n) is 6.74. The van der Waals surface area contributed by atoms with Crippen molar-refractivity contribution in [3.8, 4) is 17.1 Å². The monoisotopic (exact) mass is 401 g/mol. The van der Waals surface area contributed by atoms with Crippen molar-refractivity contribution in [3.05, 3.63) is 33.3 Å². The molecule has 2 N–H and O–H groups in total. The average Bonchev–Trinajstić information content (AvgIpc) is 2.44. The van der Waals surface area contributed by atoms with Crippen LogP contribution in [0, 0.1) is 9.39 Å². The van der Waals surface area contributed by atoms with Crippen LogP contribution in [0.2, 0.25) is 0 Å². The van der Waals surface area contributed by atoms with Crippen molar-refractivity contribution in [1.82, 2.24) is 9.97 Å². The summed E-state index contributed by atoms with van der Waals surface area (Å²) in [4.78, 5) is 9.02. The van der Waals surface area contributed by atoms with Gasteiger partial charge < -0.3 is 10.4 Å². The molecule has 2 aromatic rings. The lowest BCUT2D eigenvalue weighted by Gasteiger charge is -2.14. The minimum absolute atomic E-state index is 0.234. The lowest BCUT2D eigenvalue weighted by molar-refractivity contribution is 0.432. The number of nitrogens with zero attached hydrogens (tertiary/aromatic N) is 2. The first-order chi connectivity index (χ1) is 9.93. The highest BCUT2D eigenvalue weighted by Gasteiger charge is 2.16. The molecule has 0 saturated heterocycles. The molecule has 21 heavy (non-hydrogen) atoms. The van der Waals surface area contributed by atoms with Gasteiger partial charge in [-0.1, -0.05) is 13.8 Å². The van der Waals surface area contributed by atoms with Gasteiger partial charge in [0.05, 0.1) is 9.26 Å². The highest BCUT2D eigenvalue weighted by molar-refractivity contribution is 14.1. The van der Waals surface area contributed by atoms with Crippen LogP contribution in [0.1, 0.15) is 32.4 Å². The van der Waals surface area contributed by atoms with Crippen LogP contribution < -0.4 is 5.32 Å². The second-order valence-corrected chi connectivity index (χ2v) is 6.03. The number of hydrogen-bond donors (Lipinski definition) is 2. The second-order valence-electron chi connectivity index (χ2n) is 4.95. The maximum absolute atomic E-state index is 13.5. The summed E-state index contributed by atoms with van der Waals surface area (Å²) in [6, 6.07) is 4.17. The molecule has 112 valence electrons. The summed E-state index contributed by atoms with van der Waals surface area (Å²) in [5, 5.41) is 12.5. The van der Waals surface area contributed by atoms with Crippen molar-refractivity contribution in [3.63, 3.8) is 0 Å². The van der Waals surface area contributed by atoms with E-state index in [1.807, 2.05) is 6.92 Å². The van der Waals surface area contributed by atoms with E-state index in [4.69, 9.17) is 0 Å². The van der Waals surface area contributed by atoms with Gasteiger partial charge in [0.25, 0.3) is 0 Å². The van der Waals surface area contributed by atoms with Gasteiger partial charge in [-0.05, 0) is 53.6 Å². The molecule has 0 amide bonds. The van der Waals surface area contributed by atoms with E-state index in [2.05, 4.69) is 51.7 Å². The number of phenolic OH excluding ortho intramolecular Hbond substituents is 1. The Bertz CT molecular complexity index is 662. The molecule has 1 aromatic carbocycles. The van der Waals surface area contributed by atoms with E-state index >= 15 is 0 Å². The third-order valence-electron chi connectivity index (χ3n) is 2.97. The van der Waals surface area contributed by atoms with Gasteiger partial charge in [-0.2, -0.15) is 0 Å². The van der Waals surface area contributed by atoms with Crippen LogP contribution in [0.4, 0.5) is 10.2 Å². The van der Waals surface area contributed by atoms with Crippen molar-refractivity contribution in [2.24, 2.45) is 0 Å². The Morgan fingerprint density at radius 2 is 2.05 bits per heavy atom. The molecule has 0 spiro atoms. The molecule has 6 heteroatoms. The van der Waals surface area contributed by atoms with E-state index in [9.17, 15) is 9.50 Å². The van der Waals surface area contributed by atoms with Gasteiger partial charge in [-0.3, -0.25) is 0 Å². The molecule has 0 aliphatic carbocycles. The van der Waals surface area contributed by atoms with E-state index in [1.165, 1.54) is 12.1 Å². The molecule has 1 heterocycles. The van der Waals surface area contributed by atoms with Gasteiger partial charge in [0.15, 0.2) is 17.4 Å². The standard InChI is InChI=1S/C15H17FIN3O/c1-4-18-15-12(17)13(8(2)3)19-14(20-15)9-5-6-11(21)10(16)7-9/h5-8,21H,4H2,1-3H3,(H,18,19,20). The van der Waals surface area contributed by atoms with Crippen molar-refractivity contribution < 1.29 is 9.50 Å². The fraction of sp³-hybridized carbons (Fsp3) is 0.333. The molecule has 0 unspecified atom stereocenters. The number of nitrogens with one attached hydrogen (secondary N) is 1. The summed E-state index contributed by atoms with van der Waals surface area (Å²) in [5.41, 5.74) is 1.47. The lowest BCUT2D eigenvalue weighted by atomic mass is 10.1. The summed E-state index contributed by atoms with van der Waals surface area (Å²) < 4.78 is 14.5. The van der Waals surface area contributed by atoms with E-state index in [0.717, 1.165) is 21.6 Å². The Labute approximate surface area is 137 Å². The molecule has 0 aliphatic rings. The number of aromatic nitrogens is 2. The molecule has 0 saturated carbocycles. The number of halogens is 2. The molecular formula is C15H17FIN3O. The minimum atomic E-state index is -0.675. The van der Waals surface area contributed by atoms with Gasteiger partial charge in [0, 0.05) is 12.1 Å². The molecule has 2 rings (SSSR count). The summed E-state index contributed by atoms with van der Waals surface area (Å²) in [6.07, 6.45) is 0. The quantitative estimate of drug-likeness (QED) is 0.756. The minimum Gasteiger partial charge on any atom is -0.505 e. The molecule has 0 radical (unpaired) electrons. The van der Waals surface area contributed by atoms with Gasteiger partial charge in [0.1, 0.15) is 5.82 Å². The molecular weight excluding hydrogens is 384 g/mol. The highest BCUT2D eigenvalue weighted by Crippen LogP contribution is 2.29. The van der Waals surface area contributed by atoms with Crippen molar-refractivity contribution in [1.29, 1.82) is 0 Å². The number of aromatic hydroxyl groups is 1. The van der Waals surface area contributed by atoms with Crippen LogP contribution in [-0.2, 0) is 0 Å². The second kappa shape index (κ2) is 6.55. The maximum Gasteiger partial charge on any atom is 0.165 e. The Morgan fingerprint density at radius 3 is 2.62 bits per heavy atom. The first kappa shape index (κ1) is 15.9. The highest BCUT2D eigenvalue weighted by atomic mass is 127. The zero-order valence-electron chi connectivity index (χ0n) is 12.1. The fourth-order valence-electron chi connectivity index (χ4n) is 1.91. The Kier molecular flexibility index (Phi) is 4.97. The van der Waals surface area contributed by atoms with Gasteiger partial charge in [0.2, 0.25) is 0 Å². The van der Waals surface area contributed by atoms with Crippen LogP contribution in [0.5, 0.6) is 5.75 Å². The number of anilines is 1. The van der Waals surface area contributed by atoms with Crippen LogP contribution >= 0.6 is 22.6 Å². The molecule has 0 aliphatic heterocycles. The Balaban J connectivity index is 2.59. The van der Waals surface area contributed by atoms with Crippen LogP contribution in [-0.4, -0.2) is 21.6 Å². The normalized spacial score (nSPS) is 11.0. The molecule has 0 atom stereocenters. The topological polar surface area (TPSA) is 58.0 Å². The Morgan fingerprint density at radius 1 is 1.33 bits per heavy atom. The third-order valence-corrected chi connectivity index (χ3v) is 4.04. The zero-order chi connectivity index (χ0) is 15.6. The summed E-state index contributed by atoms with van der Waals surface area (Å²) >= 11 is 2.23. The smallest absolute Gasteiger partial charge is 0.165 e. The van der Waals surface area contributed by atoms with Crippen LogP contribution in [0.25, 0.3) is 11.4 Å². The summed E-state index contributed by atoms with van der Waals surface area (Å²) in [6.45, 7) is 6.85. The van der Waals surface area contributed by atoms with Crippen molar-refractivity contribution >= 4 is 28.4 Å². The van der Waals surface area contributed by atoms with E-state index < -0.39 is 5.82 Å². The number of rotatable bonds is 4.